The van der Waals surface area contributed by atoms with E-state index in [-0.39, 0.29) is 24.7 Å². The molecule has 1 fully saturated rings. The zero-order chi connectivity index (χ0) is 17.3. The van der Waals surface area contributed by atoms with E-state index in [0.717, 1.165) is 18.2 Å². The number of rotatable bonds is 3. The number of alkyl halides is 3. The van der Waals surface area contributed by atoms with E-state index in [2.05, 4.69) is 5.32 Å². The number of ether oxygens (including phenoxy) is 1. The van der Waals surface area contributed by atoms with Gasteiger partial charge in [0.25, 0.3) is 9.84 Å². The Kier molecular flexibility index (Phi) is 6.62. The smallest absolute Gasteiger partial charge is 0.380 e. The van der Waals surface area contributed by atoms with Crippen molar-refractivity contribution < 1.29 is 31.1 Å². The maximum absolute atomic E-state index is 12.5. The molecule has 0 aromatic heterocycles. The summed E-state index contributed by atoms with van der Waals surface area (Å²) in [6.45, 7) is 0.564. The van der Waals surface area contributed by atoms with E-state index in [9.17, 15) is 26.4 Å². The van der Waals surface area contributed by atoms with Crippen LogP contribution in [-0.2, 0) is 19.4 Å². The highest BCUT2D eigenvalue weighted by Crippen LogP contribution is 2.31. The lowest BCUT2D eigenvalue weighted by Gasteiger charge is -2.27. The number of anilines is 1. The first-order valence-electron chi connectivity index (χ1n) is 6.68. The van der Waals surface area contributed by atoms with Gasteiger partial charge in [-0.1, -0.05) is 6.07 Å². The Balaban J connectivity index is 0.00000288. The van der Waals surface area contributed by atoms with Gasteiger partial charge in [-0.05, 0) is 24.6 Å². The quantitative estimate of drug-likeness (QED) is 0.821. The fraction of sp³-hybridized carbons (Fsp3) is 0.462. The van der Waals surface area contributed by atoms with Crippen LogP contribution in [0, 0.1) is 5.92 Å². The Labute approximate surface area is 142 Å². The van der Waals surface area contributed by atoms with Gasteiger partial charge in [-0.3, -0.25) is 4.79 Å². The van der Waals surface area contributed by atoms with Gasteiger partial charge < -0.3 is 15.8 Å². The average Bonchev–Trinajstić information content (AvgIpc) is 2.46. The topological polar surface area (TPSA) is 98.5 Å². The second-order valence-electron chi connectivity index (χ2n) is 5.10. The maximum atomic E-state index is 12.5. The second-order valence-corrected chi connectivity index (χ2v) is 7.04. The SMILES string of the molecule is Cl.NC1COCCC1C(=O)Nc1cccc(S(=O)(=O)C(F)(F)F)c1. The van der Waals surface area contributed by atoms with Crippen LogP contribution in [0.2, 0.25) is 0 Å². The van der Waals surface area contributed by atoms with Gasteiger partial charge in [0.2, 0.25) is 5.91 Å². The highest BCUT2D eigenvalue weighted by molar-refractivity contribution is 7.92. The van der Waals surface area contributed by atoms with Crippen molar-refractivity contribution in [1.82, 2.24) is 0 Å². The molecular formula is C13H16ClF3N2O4S. The average molecular weight is 389 g/mol. The Morgan fingerprint density at radius 2 is 2.00 bits per heavy atom. The van der Waals surface area contributed by atoms with E-state index in [1.165, 1.54) is 6.07 Å². The number of hydrogen-bond donors (Lipinski definition) is 2. The second kappa shape index (κ2) is 7.68. The van der Waals surface area contributed by atoms with Gasteiger partial charge in [0.15, 0.2) is 0 Å². The molecule has 6 nitrogen and oxygen atoms in total. The Morgan fingerprint density at radius 3 is 2.58 bits per heavy atom. The zero-order valence-corrected chi connectivity index (χ0v) is 13.9. The third-order valence-corrected chi connectivity index (χ3v) is 4.94. The van der Waals surface area contributed by atoms with Crippen molar-refractivity contribution in [3.63, 3.8) is 0 Å². The summed E-state index contributed by atoms with van der Waals surface area (Å²) in [5.74, 6) is -1.03. The summed E-state index contributed by atoms with van der Waals surface area (Å²) in [5.41, 5.74) is 0.313. The monoisotopic (exact) mass is 388 g/mol. The highest BCUT2D eigenvalue weighted by atomic mass is 35.5. The molecule has 1 heterocycles. The van der Waals surface area contributed by atoms with Crippen LogP contribution in [0.4, 0.5) is 18.9 Å². The summed E-state index contributed by atoms with van der Waals surface area (Å²) in [6.07, 6.45) is 0.382. The first kappa shape index (κ1) is 20.7. The molecule has 136 valence electrons. The number of hydrogen-bond acceptors (Lipinski definition) is 5. The Hall–Kier alpha value is -1.36. The Bertz CT molecular complexity index is 697. The number of nitrogens with one attached hydrogen (secondary N) is 1. The number of benzene rings is 1. The van der Waals surface area contributed by atoms with Gasteiger partial charge in [-0.25, -0.2) is 8.42 Å². The van der Waals surface area contributed by atoms with E-state index in [4.69, 9.17) is 10.5 Å². The molecule has 0 aliphatic carbocycles. The lowest BCUT2D eigenvalue weighted by atomic mass is 9.94. The molecule has 2 atom stereocenters. The molecule has 0 saturated carbocycles. The number of amides is 1. The summed E-state index contributed by atoms with van der Waals surface area (Å²) in [7, 11) is -5.47. The molecule has 0 bridgehead atoms. The van der Waals surface area contributed by atoms with Gasteiger partial charge in [0, 0.05) is 18.3 Å². The number of sulfone groups is 1. The first-order chi connectivity index (χ1) is 10.6. The molecule has 0 spiro atoms. The van der Waals surface area contributed by atoms with Gasteiger partial charge in [0.05, 0.1) is 17.4 Å². The van der Waals surface area contributed by atoms with E-state index in [1.807, 2.05) is 0 Å². The molecule has 2 rings (SSSR count). The summed E-state index contributed by atoms with van der Waals surface area (Å²) >= 11 is 0. The standard InChI is InChI=1S/C13H15F3N2O4S.ClH/c14-13(15,16)23(20,21)9-3-1-2-8(6-9)18-12(19)10-4-5-22-7-11(10)17;/h1-3,6,10-11H,4-5,7,17H2,(H,18,19);1H. The van der Waals surface area contributed by atoms with E-state index >= 15 is 0 Å². The van der Waals surface area contributed by atoms with Crippen LogP contribution in [0.15, 0.2) is 29.2 Å². The van der Waals surface area contributed by atoms with Crippen LogP contribution in [0.25, 0.3) is 0 Å². The van der Waals surface area contributed by atoms with E-state index in [0.29, 0.717) is 13.0 Å². The van der Waals surface area contributed by atoms with E-state index in [1.54, 1.807) is 0 Å². The molecule has 1 aromatic rings. The fourth-order valence-corrected chi connectivity index (χ4v) is 3.00. The molecule has 1 aliphatic heterocycles. The molecule has 1 aromatic carbocycles. The predicted octanol–water partition coefficient (Wildman–Crippen LogP) is 1.70. The van der Waals surface area contributed by atoms with Crippen molar-refractivity contribution in [3.05, 3.63) is 24.3 Å². The number of nitrogens with two attached hydrogens (primary N) is 1. The number of carbonyl (C=O) groups excluding carboxylic acids is 1. The number of halogens is 4. The van der Waals surface area contributed by atoms with Crippen molar-refractivity contribution in [2.24, 2.45) is 11.7 Å². The third kappa shape index (κ3) is 4.38. The van der Waals surface area contributed by atoms with Gasteiger partial charge >= 0.3 is 5.51 Å². The molecule has 2 unspecified atom stereocenters. The molecule has 0 radical (unpaired) electrons. The van der Waals surface area contributed by atoms with Crippen LogP contribution in [0.5, 0.6) is 0 Å². The molecule has 11 heteroatoms. The summed E-state index contributed by atoms with van der Waals surface area (Å²) in [6, 6.07) is 3.49. The minimum atomic E-state index is -5.47. The van der Waals surface area contributed by atoms with Crippen LogP contribution < -0.4 is 11.1 Å². The lowest BCUT2D eigenvalue weighted by molar-refractivity contribution is -0.123. The van der Waals surface area contributed by atoms with Crippen LogP contribution in [0.1, 0.15) is 6.42 Å². The minimum Gasteiger partial charge on any atom is -0.380 e. The van der Waals surface area contributed by atoms with Crippen molar-refractivity contribution in [3.8, 4) is 0 Å². The fourth-order valence-electron chi connectivity index (χ4n) is 2.20. The highest BCUT2D eigenvalue weighted by Gasteiger charge is 2.46. The molecule has 24 heavy (non-hydrogen) atoms. The normalized spacial score (nSPS) is 21.7. The van der Waals surface area contributed by atoms with Crippen molar-refractivity contribution >= 4 is 33.8 Å². The van der Waals surface area contributed by atoms with E-state index < -0.39 is 38.1 Å². The molecule has 1 amide bonds. The number of carbonyl (C=O) groups is 1. The molecule has 3 N–H and O–H groups in total. The largest absolute Gasteiger partial charge is 0.501 e. The zero-order valence-electron chi connectivity index (χ0n) is 12.2. The minimum absolute atomic E-state index is 0. The molecular weight excluding hydrogens is 373 g/mol. The molecule has 1 aliphatic rings. The maximum Gasteiger partial charge on any atom is 0.501 e. The van der Waals surface area contributed by atoms with Crippen LogP contribution in [0.3, 0.4) is 0 Å². The van der Waals surface area contributed by atoms with Crippen molar-refractivity contribution in [2.75, 3.05) is 18.5 Å². The summed E-state index contributed by atoms with van der Waals surface area (Å²) in [4.78, 5) is 11.2. The first-order valence-corrected chi connectivity index (χ1v) is 8.17. The van der Waals surface area contributed by atoms with Gasteiger partial charge in [0.1, 0.15) is 0 Å². The Morgan fingerprint density at radius 1 is 1.33 bits per heavy atom. The predicted molar refractivity (Wildman–Crippen MR) is 82.5 cm³/mol. The lowest BCUT2D eigenvalue weighted by Crippen LogP contribution is -2.45. The molecule has 1 saturated heterocycles. The van der Waals surface area contributed by atoms with Crippen LogP contribution >= 0.6 is 12.4 Å². The van der Waals surface area contributed by atoms with Gasteiger partial charge in [-0.15, -0.1) is 12.4 Å². The van der Waals surface area contributed by atoms with Crippen LogP contribution in [-0.4, -0.2) is 39.1 Å². The third-order valence-electron chi connectivity index (χ3n) is 3.45. The summed E-state index contributed by atoms with van der Waals surface area (Å²) in [5, 5.41) is 2.40. The van der Waals surface area contributed by atoms with Gasteiger partial charge in [-0.2, -0.15) is 13.2 Å². The van der Waals surface area contributed by atoms with Crippen molar-refractivity contribution in [1.29, 1.82) is 0 Å². The summed E-state index contributed by atoms with van der Waals surface area (Å²) < 4.78 is 65.5. The van der Waals surface area contributed by atoms with Crippen molar-refractivity contribution in [2.45, 2.75) is 22.9 Å².